The first kappa shape index (κ1) is 13.5. The van der Waals surface area contributed by atoms with Gasteiger partial charge in [0.2, 0.25) is 0 Å². The molecule has 0 saturated carbocycles. The maximum absolute atomic E-state index is 6.09. The molecule has 98 valence electrons. The zero-order valence-electron chi connectivity index (χ0n) is 10.5. The Kier molecular flexibility index (Phi) is 3.98. The zero-order chi connectivity index (χ0) is 13.9. The summed E-state index contributed by atoms with van der Waals surface area (Å²) in [5.41, 5.74) is 2.08. The predicted molar refractivity (Wildman–Crippen MR) is 93.1 cm³/mol. The van der Waals surface area contributed by atoms with E-state index in [1.807, 2.05) is 66.7 Å². The second-order valence-corrected chi connectivity index (χ2v) is 5.87. The third-order valence-corrected chi connectivity index (χ3v) is 4.74. The van der Waals surface area contributed by atoms with Crippen LogP contribution in [0.1, 0.15) is 0 Å². The standard InChI is InChI=1S/C17H11IOS/c18-16-15(20)11-14(12-7-3-1-4-8-12)19-17(16)13-9-5-2-6-10-13/h1-11H. The van der Waals surface area contributed by atoms with Crippen LogP contribution in [0, 0.1) is 8.08 Å². The van der Waals surface area contributed by atoms with Crippen LogP contribution >= 0.6 is 34.8 Å². The average molecular weight is 390 g/mol. The van der Waals surface area contributed by atoms with E-state index in [2.05, 4.69) is 22.6 Å². The third-order valence-electron chi connectivity index (χ3n) is 2.98. The van der Waals surface area contributed by atoms with E-state index in [4.69, 9.17) is 16.6 Å². The van der Waals surface area contributed by atoms with Crippen molar-refractivity contribution in [3.05, 3.63) is 74.8 Å². The van der Waals surface area contributed by atoms with Gasteiger partial charge in [0.15, 0.2) is 0 Å². The first-order valence-electron chi connectivity index (χ1n) is 6.20. The molecule has 0 aliphatic carbocycles. The van der Waals surface area contributed by atoms with Crippen LogP contribution in [0.4, 0.5) is 0 Å². The first-order valence-corrected chi connectivity index (χ1v) is 7.69. The molecule has 0 spiro atoms. The summed E-state index contributed by atoms with van der Waals surface area (Å²) in [4.78, 5) is 0. The van der Waals surface area contributed by atoms with Crippen LogP contribution in [0.15, 0.2) is 71.1 Å². The molecule has 2 aromatic carbocycles. The molecule has 1 nitrogen and oxygen atoms in total. The molecule has 3 rings (SSSR count). The molecule has 0 saturated heterocycles. The second kappa shape index (κ2) is 5.89. The highest BCUT2D eigenvalue weighted by Crippen LogP contribution is 2.31. The van der Waals surface area contributed by atoms with Gasteiger partial charge in [-0.25, -0.2) is 0 Å². The van der Waals surface area contributed by atoms with Crippen molar-refractivity contribution in [2.45, 2.75) is 0 Å². The fourth-order valence-electron chi connectivity index (χ4n) is 2.00. The summed E-state index contributed by atoms with van der Waals surface area (Å²) in [7, 11) is 0. The Morgan fingerprint density at radius 2 is 1.35 bits per heavy atom. The van der Waals surface area contributed by atoms with Gasteiger partial charge < -0.3 is 4.42 Å². The van der Waals surface area contributed by atoms with Crippen molar-refractivity contribution in [3.63, 3.8) is 0 Å². The Hall–Kier alpha value is -1.46. The van der Waals surface area contributed by atoms with E-state index in [0.717, 1.165) is 30.7 Å². The Morgan fingerprint density at radius 3 is 1.95 bits per heavy atom. The van der Waals surface area contributed by atoms with Crippen molar-refractivity contribution in [2.75, 3.05) is 0 Å². The Labute approximate surface area is 136 Å². The van der Waals surface area contributed by atoms with E-state index in [-0.39, 0.29) is 0 Å². The fraction of sp³-hybridized carbons (Fsp3) is 0. The molecule has 20 heavy (non-hydrogen) atoms. The maximum Gasteiger partial charge on any atom is 0.149 e. The Balaban J connectivity index is 2.22. The van der Waals surface area contributed by atoms with Gasteiger partial charge in [0.1, 0.15) is 11.5 Å². The van der Waals surface area contributed by atoms with Gasteiger partial charge in [-0.2, -0.15) is 0 Å². The molecule has 0 N–H and O–H groups in total. The summed E-state index contributed by atoms with van der Waals surface area (Å²) >= 11 is 7.71. The SMILES string of the molecule is S=c1cc(-c2ccccc2)oc(-c2ccccc2)c1I. The highest BCUT2D eigenvalue weighted by atomic mass is 127. The van der Waals surface area contributed by atoms with E-state index < -0.39 is 0 Å². The van der Waals surface area contributed by atoms with Gasteiger partial charge in [-0.15, -0.1) is 0 Å². The molecule has 0 bridgehead atoms. The largest absolute Gasteiger partial charge is 0.455 e. The molecule has 0 unspecified atom stereocenters. The van der Waals surface area contributed by atoms with Crippen LogP contribution in [-0.4, -0.2) is 0 Å². The first-order chi connectivity index (χ1) is 9.75. The molecule has 1 aromatic heterocycles. The lowest BCUT2D eigenvalue weighted by Crippen LogP contribution is -1.87. The molecule has 3 heteroatoms. The summed E-state index contributed by atoms with van der Waals surface area (Å²) in [6.07, 6.45) is 0. The van der Waals surface area contributed by atoms with Crippen LogP contribution in [0.3, 0.4) is 0 Å². The van der Waals surface area contributed by atoms with Crippen LogP contribution in [0.25, 0.3) is 22.6 Å². The monoisotopic (exact) mass is 390 g/mol. The molecular weight excluding hydrogens is 379 g/mol. The minimum atomic E-state index is 0.801. The van der Waals surface area contributed by atoms with Crippen LogP contribution in [-0.2, 0) is 0 Å². The van der Waals surface area contributed by atoms with Gasteiger partial charge >= 0.3 is 0 Å². The van der Waals surface area contributed by atoms with Gasteiger partial charge in [-0.05, 0) is 22.6 Å². The van der Waals surface area contributed by atoms with Crippen molar-refractivity contribution in [2.24, 2.45) is 0 Å². The normalized spacial score (nSPS) is 10.4. The number of benzene rings is 2. The molecule has 0 amide bonds. The number of halogens is 1. The quantitative estimate of drug-likeness (QED) is 0.396. The lowest BCUT2D eigenvalue weighted by Gasteiger charge is -2.08. The molecule has 0 radical (unpaired) electrons. The molecule has 0 aliphatic heterocycles. The van der Waals surface area contributed by atoms with E-state index in [1.165, 1.54) is 0 Å². The minimum Gasteiger partial charge on any atom is -0.455 e. The summed E-state index contributed by atoms with van der Waals surface area (Å²) in [5, 5.41) is 0. The summed E-state index contributed by atoms with van der Waals surface area (Å²) in [6.45, 7) is 0. The maximum atomic E-state index is 6.09. The second-order valence-electron chi connectivity index (χ2n) is 4.35. The number of hydrogen-bond donors (Lipinski definition) is 0. The van der Waals surface area contributed by atoms with E-state index in [0.29, 0.717) is 0 Å². The van der Waals surface area contributed by atoms with Crippen molar-refractivity contribution < 1.29 is 4.42 Å². The number of hydrogen-bond acceptors (Lipinski definition) is 2. The number of rotatable bonds is 2. The fourth-order valence-corrected chi connectivity index (χ4v) is 2.78. The molecule has 0 aliphatic rings. The molecule has 0 fully saturated rings. The van der Waals surface area contributed by atoms with Crippen molar-refractivity contribution in [3.8, 4) is 22.6 Å². The van der Waals surface area contributed by atoms with Gasteiger partial charge in [0.05, 0.1) is 8.08 Å². The summed E-state index contributed by atoms with van der Waals surface area (Å²) in [6, 6.07) is 22.0. The molecule has 3 aromatic rings. The van der Waals surface area contributed by atoms with Gasteiger partial charge in [-0.3, -0.25) is 0 Å². The topological polar surface area (TPSA) is 13.1 Å². The van der Waals surface area contributed by atoms with E-state index >= 15 is 0 Å². The predicted octanol–water partition coefficient (Wildman–Crippen LogP) is 5.95. The van der Waals surface area contributed by atoms with Crippen LogP contribution in [0.2, 0.25) is 0 Å². The Bertz CT molecular complexity index is 779. The van der Waals surface area contributed by atoms with E-state index in [1.54, 1.807) is 0 Å². The molecule has 1 heterocycles. The van der Waals surface area contributed by atoms with Crippen LogP contribution < -0.4 is 0 Å². The van der Waals surface area contributed by atoms with Crippen molar-refractivity contribution >= 4 is 34.8 Å². The van der Waals surface area contributed by atoms with Crippen LogP contribution in [0.5, 0.6) is 0 Å². The molecular formula is C17H11IOS. The lowest BCUT2D eigenvalue weighted by molar-refractivity contribution is 0.577. The molecule has 0 atom stereocenters. The summed E-state index contributed by atoms with van der Waals surface area (Å²) in [5.74, 6) is 1.63. The third kappa shape index (κ3) is 2.69. The summed E-state index contributed by atoms with van der Waals surface area (Å²) < 4.78 is 7.88. The van der Waals surface area contributed by atoms with Gasteiger partial charge in [0, 0.05) is 17.2 Å². The van der Waals surface area contributed by atoms with Crippen molar-refractivity contribution in [1.82, 2.24) is 0 Å². The van der Waals surface area contributed by atoms with Crippen molar-refractivity contribution in [1.29, 1.82) is 0 Å². The van der Waals surface area contributed by atoms with Gasteiger partial charge in [0.25, 0.3) is 0 Å². The lowest BCUT2D eigenvalue weighted by atomic mass is 10.1. The zero-order valence-corrected chi connectivity index (χ0v) is 13.5. The van der Waals surface area contributed by atoms with E-state index in [9.17, 15) is 0 Å². The van der Waals surface area contributed by atoms with Gasteiger partial charge in [-0.1, -0.05) is 72.9 Å². The average Bonchev–Trinajstić information content (AvgIpc) is 2.51. The minimum absolute atomic E-state index is 0.801. The Morgan fingerprint density at radius 1 is 0.800 bits per heavy atom. The highest BCUT2D eigenvalue weighted by Gasteiger charge is 2.10. The smallest absolute Gasteiger partial charge is 0.149 e. The highest BCUT2D eigenvalue weighted by molar-refractivity contribution is 14.1.